The molecule has 20 heavy (non-hydrogen) atoms. The Kier molecular flexibility index (Phi) is 4.23. The molecule has 0 amide bonds. The van der Waals surface area contributed by atoms with Gasteiger partial charge in [0.05, 0.1) is 5.56 Å². The van der Waals surface area contributed by atoms with Crippen LogP contribution in [0, 0.1) is 0 Å². The molecular formula is C14H11BrF3NO. The number of benzene rings is 2. The van der Waals surface area contributed by atoms with E-state index in [1.807, 2.05) is 0 Å². The van der Waals surface area contributed by atoms with Crippen molar-refractivity contribution < 1.29 is 17.9 Å². The maximum absolute atomic E-state index is 12.9. The first kappa shape index (κ1) is 14.7. The zero-order valence-corrected chi connectivity index (χ0v) is 11.8. The van der Waals surface area contributed by atoms with Crippen molar-refractivity contribution in [2.75, 3.05) is 5.73 Å². The first-order valence-corrected chi connectivity index (χ1v) is 6.49. The van der Waals surface area contributed by atoms with Gasteiger partial charge in [0.15, 0.2) is 0 Å². The molecule has 2 aromatic rings. The SMILES string of the molecule is Nc1ccc(COc2ccc(Br)cc2)c(C(F)(F)F)c1. The van der Waals surface area contributed by atoms with Gasteiger partial charge in [-0.2, -0.15) is 13.2 Å². The summed E-state index contributed by atoms with van der Waals surface area (Å²) in [6.45, 7) is -0.170. The maximum atomic E-state index is 12.9. The van der Waals surface area contributed by atoms with E-state index >= 15 is 0 Å². The van der Waals surface area contributed by atoms with Crippen molar-refractivity contribution in [3.8, 4) is 5.75 Å². The molecule has 0 heterocycles. The van der Waals surface area contributed by atoms with Crippen molar-refractivity contribution in [1.82, 2.24) is 0 Å². The molecule has 2 N–H and O–H groups in total. The molecule has 0 aliphatic carbocycles. The van der Waals surface area contributed by atoms with E-state index in [1.165, 1.54) is 12.1 Å². The van der Waals surface area contributed by atoms with Crippen molar-refractivity contribution in [1.29, 1.82) is 0 Å². The molecule has 0 saturated heterocycles. The smallest absolute Gasteiger partial charge is 0.416 e. The third-order valence-electron chi connectivity index (χ3n) is 2.65. The van der Waals surface area contributed by atoms with Crippen LogP contribution in [0.3, 0.4) is 0 Å². The highest BCUT2D eigenvalue weighted by atomic mass is 79.9. The van der Waals surface area contributed by atoms with Crippen LogP contribution in [0.4, 0.5) is 18.9 Å². The quantitative estimate of drug-likeness (QED) is 0.823. The molecule has 6 heteroatoms. The van der Waals surface area contributed by atoms with E-state index in [1.54, 1.807) is 24.3 Å². The van der Waals surface area contributed by atoms with E-state index in [2.05, 4.69) is 15.9 Å². The van der Waals surface area contributed by atoms with Gasteiger partial charge in [-0.1, -0.05) is 22.0 Å². The first-order chi connectivity index (χ1) is 9.36. The molecule has 0 aromatic heterocycles. The van der Waals surface area contributed by atoms with Gasteiger partial charge in [-0.15, -0.1) is 0 Å². The molecule has 0 aliphatic heterocycles. The Bertz CT molecular complexity index is 596. The minimum atomic E-state index is -4.45. The van der Waals surface area contributed by atoms with Crippen LogP contribution < -0.4 is 10.5 Å². The Hall–Kier alpha value is -1.69. The van der Waals surface area contributed by atoms with Crippen molar-refractivity contribution >= 4 is 21.6 Å². The second kappa shape index (κ2) is 5.75. The Labute approximate surface area is 122 Å². The number of anilines is 1. The van der Waals surface area contributed by atoms with Gasteiger partial charge in [0.2, 0.25) is 0 Å². The molecule has 0 radical (unpaired) electrons. The average molecular weight is 346 g/mol. The van der Waals surface area contributed by atoms with Crippen LogP contribution in [-0.2, 0) is 12.8 Å². The molecule has 2 rings (SSSR count). The Morgan fingerprint density at radius 2 is 1.70 bits per heavy atom. The molecule has 0 bridgehead atoms. The fourth-order valence-corrected chi connectivity index (χ4v) is 1.94. The topological polar surface area (TPSA) is 35.2 Å². The molecule has 106 valence electrons. The number of ether oxygens (including phenoxy) is 1. The van der Waals surface area contributed by atoms with Gasteiger partial charge >= 0.3 is 6.18 Å². The maximum Gasteiger partial charge on any atom is 0.416 e. The van der Waals surface area contributed by atoms with Crippen LogP contribution in [0.1, 0.15) is 11.1 Å². The number of alkyl halides is 3. The van der Waals surface area contributed by atoms with Crippen LogP contribution in [0.2, 0.25) is 0 Å². The van der Waals surface area contributed by atoms with E-state index in [9.17, 15) is 13.2 Å². The molecule has 0 saturated carbocycles. The summed E-state index contributed by atoms with van der Waals surface area (Å²) in [6, 6.07) is 10.5. The number of rotatable bonds is 3. The van der Waals surface area contributed by atoms with Crippen LogP contribution in [0.5, 0.6) is 5.75 Å². The lowest BCUT2D eigenvalue weighted by Crippen LogP contribution is -2.11. The van der Waals surface area contributed by atoms with E-state index in [4.69, 9.17) is 10.5 Å². The van der Waals surface area contributed by atoms with Gasteiger partial charge in [-0.25, -0.2) is 0 Å². The molecule has 0 aliphatic rings. The summed E-state index contributed by atoms with van der Waals surface area (Å²) >= 11 is 3.27. The monoisotopic (exact) mass is 345 g/mol. The average Bonchev–Trinajstić information content (AvgIpc) is 2.38. The van der Waals surface area contributed by atoms with Gasteiger partial charge in [0.25, 0.3) is 0 Å². The van der Waals surface area contributed by atoms with Crippen molar-refractivity contribution in [2.24, 2.45) is 0 Å². The third-order valence-corrected chi connectivity index (χ3v) is 3.18. The van der Waals surface area contributed by atoms with E-state index in [-0.39, 0.29) is 17.9 Å². The molecule has 0 unspecified atom stereocenters. The summed E-state index contributed by atoms with van der Waals surface area (Å²) in [6.07, 6.45) is -4.45. The zero-order chi connectivity index (χ0) is 14.8. The molecule has 2 aromatic carbocycles. The number of nitrogen functional groups attached to an aromatic ring is 1. The number of hydrogen-bond acceptors (Lipinski definition) is 2. The lowest BCUT2D eigenvalue weighted by Gasteiger charge is -2.14. The lowest BCUT2D eigenvalue weighted by molar-refractivity contribution is -0.138. The van der Waals surface area contributed by atoms with E-state index in [0.29, 0.717) is 5.75 Å². The van der Waals surface area contributed by atoms with Crippen LogP contribution in [0.15, 0.2) is 46.9 Å². The Morgan fingerprint density at radius 1 is 1.05 bits per heavy atom. The molecular weight excluding hydrogens is 335 g/mol. The van der Waals surface area contributed by atoms with Gasteiger partial charge in [0, 0.05) is 15.7 Å². The van der Waals surface area contributed by atoms with Crippen LogP contribution in [-0.4, -0.2) is 0 Å². The number of hydrogen-bond donors (Lipinski definition) is 1. The summed E-state index contributed by atoms with van der Waals surface area (Å²) in [4.78, 5) is 0. The summed E-state index contributed by atoms with van der Waals surface area (Å²) in [5.74, 6) is 0.498. The number of halogens is 4. The second-order valence-electron chi connectivity index (χ2n) is 4.16. The molecule has 2 nitrogen and oxygen atoms in total. The number of nitrogens with two attached hydrogens (primary N) is 1. The predicted molar refractivity (Wildman–Crippen MR) is 74.3 cm³/mol. The Balaban J connectivity index is 2.19. The van der Waals surface area contributed by atoms with Gasteiger partial charge in [-0.3, -0.25) is 0 Å². The summed E-state index contributed by atoms with van der Waals surface area (Å²) in [5, 5.41) is 0. The van der Waals surface area contributed by atoms with Crippen LogP contribution in [0.25, 0.3) is 0 Å². The summed E-state index contributed by atoms with van der Waals surface area (Å²) < 4.78 is 44.9. The molecule has 0 atom stereocenters. The van der Waals surface area contributed by atoms with Crippen molar-refractivity contribution in [3.63, 3.8) is 0 Å². The normalized spacial score (nSPS) is 11.4. The van der Waals surface area contributed by atoms with Crippen LogP contribution >= 0.6 is 15.9 Å². The highest BCUT2D eigenvalue weighted by Gasteiger charge is 2.33. The minimum Gasteiger partial charge on any atom is -0.489 e. The van der Waals surface area contributed by atoms with Gasteiger partial charge in [-0.05, 0) is 36.4 Å². The van der Waals surface area contributed by atoms with Crippen molar-refractivity contribution in [2.45, 2.75) is 12.8 Å². The van der Waals surface area contributed by atoms with Gasteiger partial charge < -0.3 is 10.5 Å². The predicted octanol–water partition coefficient (Wildman–Crippen LogP) is 4.63. The minimum absolute atomic E-state index is 0.0506. The molecule has 0 fully saturated rings. The largest absolute Gasteiger partial charge is 0.489 e. The van der Waals surface area contributed by atoms with Gasteiger partial charge in [0.1, 0.15) is 12.4 Å². The lowest BCUT2D eigenvalue weighted by atomic mass is 10.1. The zero-order valence-electron chi connectivity index (χ0n) is 10.2. The second-order valence-corrected chi connectivity index (χ2v) is 5.07. The first-order valence-electron chi connectivity index (χ1n) is 5.70. The van der Waals surface area contributed by atoms with Crippen molar-refractivity contribution in [3.05, 3.63) is 58.1 Å². The summed E-state index contributed by atoms with van der Waals surface area (Å²) in [7, 11) is 0. The highest BCUT2D eigenvalue weighted by molar-refractivity contribution is 9.10. The fourth-order valence-electron chi connectivity index (χ4n) is 1.68. The summed E-state index contributed by atoms with van der Waals surface area (Å²) in [5.41, 5.74) is 4.76. The van der Waals surface area contributed by atoms with E-state index in [0.717, 1.165) is 10.5 Å². The fraction of sp³-hybridized carbons (Fsp3) is 0.143. The Morgan fingerprint density at radius 3 is 2.30 bits per heavy atom. The third kappa shape index (κ3) is 3.66. The highest BCUT2D eigenvalue weighted by Crippen LogP contribution is 2.33. The standard InChI is InChI=1S/C14H11BrF3NO/c15-10-2-5-12(6-3-10)20-8-9-1-4-11(19)7-13(9)14(16,17)18/h1-7H,8,19H2. The molecule has 0 spiro atoms. The van der Waals surface area contributed by atoms with E-state index < -0.39 is 11.7 Å².